The standard InChI is InChI=1S/C17H22N4OS.HI/c1-3-18-17(21-11-16-19-9-12(2)23-16)20-10-14-8-13-6-4-5-7-15(13)22-14;/h4-7,9,14H,3,8,10-11H2,1-2H3,(H2,18,20,21);1H. The smallest absolute Gasteiger partial charge is 0.191 e. The Hall–Kier alpha value is -1.35. The Kier molecular flexibility index (Phi) is 7.29. The predicted octanol–water partition coefficient (Wildman–Crippen LogP) is 3.13. The van der Waals surface area contributed by atoms with Gasteiger partial charge < -0.3 is 15.4 Å². The summed E-state index contributed by atoms with van der Waals surface area (Å²) in [4.78, 5) is 10.2. The predicted molar refractivity (Wildman–Crippen MR) is 110 cm³/mol. The summed E-state index contributed by atoms with van der Waals surface area (Å²) in [5.41, 5.74) is 1.28. The molecule has 1 atom stereocenters. The SMILES string of the molecule is CCNC(=NCc1ncc(C)s1)NCC1Cc2ccccc2O1.I. The molecule has 24 heavy (non-hydrogen) atoms. The van der Waals surface area contributed by atoms with Crippen molar-refractivity contribution in [3.8, 4) is 5.75 Å². The Labute approximate surface area is 164 Å². The molecule has 2 aromatic rings. The number of fused-ring (bicyclic) bond motifs is 1. The highest BCUT2D eigenvalue weighted by molar-refractivity contribution is 14.0. The lowest BCUT2D eigenvalue weighted by molar-refractivity contribution is 0.235. The zero-order chi connectivity index (χ0) is 16.1. The van der Waals surface area contributed by atoms with E-state index in [0.29, 0.717) is 6.54 Å². The van der Waals surface area contributed by atoms with Gasteiger partial charge in [-0.3, -0.25) is 0 Å². The monoisotopic (exact) mass is 458 g/mol. The molecule has 5 nitrogen and oxygen atoms in total. The van der Waals surface area contributed by atoms with Gasteiger partial charge in [0, 0.05) is 24.0 Å². The Balaban J connectivity index is 0.00000208. The van der Waals surface area contributed by atoms with Crippen LogP contribution in [-0.4, -0.2) is 30.1 Å². The number of para-hydroxylation sites is 1. The topological polar surface area (TPSA) is 58.5 Å². The number of ether oxygens (including phenoxy) is 1. The fourth-order valence-corrected chi connectivity index (χ4v) is 3.25. The second-order valence-electron chi connectivity index (χ2n) is 5.49. The number of halogens is 1. The molecule has 130 valence electrons. The summed E-state index contributed by atoms with van der Waals surface area (Å²) in [7, 11) is 0. The summed E-state index contributed by atoms with van der Waals surface area (Å²) in [6.07, 6.45) is 2.98. The molecule has 0 saturated carbocycles. The van der Waals surface area contributed by atoms with Gasteiger partial charge in [-0.25, -0.2) is 9.98 Å². The first kappa shape index (κ1) is 19.0. The molecule has 2 heterocycles. The van der Waals surface area contributed by atoms with Crippen molar-refractivity contribution < 1.29 is 4.74 Å². The number of aliphatic imine (C=N–C) groups is 1. The third-order valence-electron chi connectivity index (χ3n) is 3.60. The first-order valence-electron chi connectivity index (χ1n) is 7.92. The molecule has 0 radical (unpaired) electrons. The molecule has 0 fully saturated rings. The molecule has 0 spiro atoms. The van der Waals surface area contributed by atoms with Crippen LogP contribution in [0.5, 0.6) is 5.75 Å². The van der Waals surface area contributed by atoms with Crippen molar-refractivity contribution in [3.63, 3.8) is 0 Å². The van der Waals surface area contributed by atoms with Crippen LogP contribution in [0.25, 0.3) is 0 Å². The van der Waals surface area contributed by atoms with Crippen LogP contribution in [0.2, 0.25) is 0 Å². The number of guanidine groups is 1. The largest absolute Gasteiger partial charge is 0.488 e. The molecular weight excluding hydrogens is 435 g/mol. The number of thiazole rings is 1. The van der Waals surface area contributed by atoms with Crippen LogP contribution >= 0.6 is 35.3 Å². The van der Waals surface area contributed by atoms with Gasteiger partial charge in [-0.2, -0.15) is 0 Å². The molecule has 0 bridgehead atoms. The third-order valence-corrected chi connectivity index (χ3v) is 4.49. The van der Waals surface area contributed by atoms with Crippen molar-refractivity contribution >= 4 is 41.3 Å². The van der Waals surface area contributed by atoms with Gasteiger partial charge in [-0.15, -0.1) is 35.3 Å². The molecular formula is C17H23IN4OS. The van der Waals surface area contributed by atoms with Crippen LogP contribution in [0.1, 0.15) is 22.4 Å². The van der Waals surface area contributed by atoms with E-state index >= 15 is 0 Å². The van der Waals surface area contributed by atoms with E-state index < -0.39 is 0 Å². The zero-order valence-corrected chi connectivity index (χ0v) is 17.1. The molecule has 7 heteroatoms. The summed E-state index contributed by atoms with van der Waals surface area (Å²) in [5.74, 6) is 1.81. The molecule has 1 aliphatic rings. The van der Waals surface area contributed by atoms with Gasteiger partial charge in [0.2, 0.25) is 0 Å². The number of benzene rings is 1. The van der Waals surface area contributed by atoms with Crippen LogP contribution in [0, 0.1) is 6.92 Å². The van der Waals surface area contributed by atoms with Gasteiger partial charge >= 0.3 is 0 Å². The Morgan fingerprint density at radius 3 is 2.92 bits per heavy atom. The number of nitrogens with one attached hydrogen (secondary N) is 2. The number of hydrogen-bond acceptors (Lipinski definition) is 4. The normalized spacial score (nSPS) is 16.1. The number of aromatic nitrogens is 1. The number of rotatable bonds is 5. The fraction of sp³-hybridized carbons (Fsp3) is 0.412. The van der Waals surface area contributed by atoms with Crippen molar-refractivity contribution in [2.75, 3.05) is 13.1 Å². The molecule has 1 aromatic heterocycles. The molecule has 1 unspecified atom stereocenters. The minimum absolute atomic E-state index is 0. The lowest BCUT2D eigenvalue weighted by Crippen LogP contribution is -2.42. The number of nitrogens with zero attached hydrogens (tertiary/aromatic N) is 2. The minimum atomic E-state index is 0. The highest BCUT2D eigenvalue weighted by Gasteiger charge is 2.22. The fourth-order valence-electron chi connectivity index (χ4n) is 2.54. The van der Waals surface area contributed by atoms with Crippen LogP contribution < -0.4 is 15.4 Å². The average molecular weight is 458 g/mol. The summed E-state index contributed by atoms with van der Waals surface area (Å²) in [6, 6.07) is 8.22. The van der Waals surface area contributed by atoms with E-state index in [9.17, 15) is 0 Å². The number of aryl methyl sites for hydroxylation is 1. The van der Waals surface area contributed by atoms with Crippen LogP contribution in [-0.2, 0) is 13.0 Å². The third kappa shape index (κ3) is 5.07. The molecule has 3 rings (SSSR count). The van der Waals surface area contributed by atoms with Gasteiger partial charge in [0.05, 0.1) is 13.1 Å². The Bertz CT molecular complexity index is 664. The Morgan fingerprint density at radius 2 is 2.21 bits per heavy atom. The average Bonchev–Trinajstić information content (AvgIpc) is 3.15. The summed E-state index contributed by atoms with van der Waals surface area (Å²) >= 11 is 1.68. The van der Waals surface area contributed by atoms with E-state index in [2.05, 4.69) is 46.6 Å². The first-order chi connectivity index (χ1) is 11.2. The van der Waals surface area contributed by atoms with E-state index in [4.69, 9.17) is 4.74 Å². The maximum absolute atomic E-state index is 5.95. The first-order valence-corrected chi connectivity index (χ1v) is 8.74. The van der Waals surface area contributed by atoms with E-state index in [1.54, 1.807) is 11.3 Å². The molecule has 2 N–H and O–H groups in total. The molecule has 0 amide bonds. The quantitative estimate of drug-likeness (QED) is 0.411. The molecule has 0 saturated heterocycles. The van der Waals surface area contributed by atoms with Crippen molar-refractivity contribution in [1.29, 1.82) is 0 Å². The summed E-state index contributed by atoms with van der Waals surface area (Å²) in [6.45, 7) is 6.28. The second-order valence-corrected chi connectivity index (χ2v) is 6.81. The second kappa shape index (κ2) is 9.22. The van der Waals surface area contributed by atoms with Gasteiger partial charge in [0.25, 0.3) is 0 Å². The molecule has 0 aliphatic carbocycles. The Morgan fingerprint density at radius 1 is 1.38 bits per heavy atom. The van der Waals surface area contributed by atoms with Gasteiger partial charge in [0.15, 0.2) is 5.96 Å². The van der Waals surface area contributed by atoms with Crippen molar-refractivity contribution in [2.45, 2.75) is 32.9 Å². The van der Waals surface area contributed by atoms with Gasteiger partial charge in [-0.05, 0) is 25.5 Å². The maximum Gasteiger partial charge on any atom is 0.191 e. The number of hydrogen-bond donors (Lipinski definition) is 2. The van der Waals surface area contributed by atoms with Crippen molar-refractivity contribution in [3.05, 3.63) is 45.9 Å². The molecule has 1 aliphatic heterocycles. The zero-order valence-electron chi connectivity index (χ0n) is 13.9. The maximum atomic E-state index is 5.95. The van der Waals surface area contributed by atoms with E-state index in [0.717, 1.165) is 36.2 Å². The lowest BCUT2D eigenvalue weighted by Gasteiger charge is -2.15. The minimum Gasteiger partial charge on any atom is -0.488 e. The van der Waals surface area contributed by atoms with Crippen LogP contribution in [0.4, 0.5) is 0 Å². The summed E-state index contributed by atoms with van der Waals surface area (Å²) < 4.78 is 5.95. The van der Waals surface area contributed by atoms with E-state index in [-0.39, 0.29) is 30.1 Å². The highest BCUT2D eigenvalue weighted by Crippen LogP contribution is 2.27. The lowest BCUT2D eigenvalue weighted by atomic mass is 10.1. The molecule has 1 aromatic carbocycles. The highest BCUT2D eigenvalue weighted by atomic mass is 127. The van der Waals surface area contributed by atoms with Gasteiger partial charge in [0.1, 0.15) is 16.9 Å². The van der Waals surface area contributed by atoms with E-state index in [1.165, 1.54) is 10.4 Å². The van der Waals surface area contributed by atoms with Crippen molar-refractivity contribution in [1.82, 2.24) is 15.6 Å². The summed E-state index contributed by atoms with van der Waals surface area (Å²) in [5, 5.41) is 7.66. The van der Waals surface area contributed by atoms with Crippen molar-refractivity contribution in [2.24, 2.45) is 4.99 Å². The van der Waals surface area contributed by atoms with Crippen LogP contribution in [0.15, 0.2) is 35.5 Å². The van der Waals surface area contributed by atoms with Gasteiger partial charge in [-0.1, -0.05) is 18.2 Å². The van der Waals surface area contributed by atoms with E-state index in [1.807, 2.05) is 18.3 Å². The van der Waals surface area contributed by atoms with Crippen LogP contribution in [0.3, 0.4) is 0 Å².